The van der Waals surface area contributed by atoms with Gasteiger partial charge in [0.15, 0.2) is 5.76 Å². The van der Waals surface area contributed by atoms with E-state index < -0.39 is 32.5 Å². The van der Waals surface area contributed by atoms with Crippen LogP contribution in [0.4, 0.5) is 5.13 Å². The summed E-state index contributed by atoms with van der Waals surface area (Å²) in [5.74, 6) is -1.74. The van der Waals surface area contributed by atoms with Crippen LogP contribution in [0, 0.1) is 6.92 Å². The summed E-state index contributed by atoms with van der Waals surface area (Å²) in [5, 5.41) is 20.1. The van der Waals surface area contributed by atoms with Crippen molar-refractivity contribution in [3.05, 3.63) is 79.8 Å². The van der Waals surface area contributed by atoms with Crippen LogP contribution in [-0.4, -0.2) is 29.6 Å². The molecule has 0 radical (unpaired) electrons. The van der Waals surface area contributed by atoms with Crippen molar-refractivity contribution in [1.29, 1.82) is 0 Å². The van der Waals surface area contributed by atoms with Crippen LogP contribution in [0.2, 0.25) is 10.0 Å². The van der Waals surface area contributed by atoms with Crippen LogP contribution in [0.1, 0.15) is 16.6 Å². The summed E-state index contributed by atoms with van der Waals surface area (Å²) in [5.41, 5.74) is 0.442. The number of aliphatic hydroxyl groups excluding tert-OH is 1. The Morgan fingerprint density at radius 3 is 2.10 bits per heavy atom. The first kappa shape index (κ1) is 20.8. The van der Waals surface area contributed by atoms with Crippen molar-refractivity contribution in [1.82, 2.24) is 10.2 Å². The molecule has 7 nitrogen and oxygen atoms in total. The topological polar surface area (TPSA) is 100 Å². The van der Waals surface area contributed by atoms with Crippen LogP contribution in [-0.2, 0) is 14.6 Å². The standard InChI is InChI=1S/C19H13Cl2N3O4S2/c1-10-22-23-19(29-10)24-15(11-2-4-12(20)5-3-11)17(16(25)18(24)26)30(27,28)14-8-6-13(21)7-9-14/h2-9,15,25H,1H3. The Morgan fingerprint density at radius 2 is 1.57 bits per heavy atom. The average molecular weight is 482 g/mol. The van der Waals surface area contributed by atoms with E-state index in [1.807, 2.05) is 0 Å². The molecule has 154 valence electrons. The first-order valence-corrected chi connectivity index (χ1v) is 11.6. The largest absolute Gasteiger partial charge is 0.502 e. The van der Waals surface area contributed by atoms with Crippen LogP contribution < -0.4 is 4.90 Å². The molecule has 11 heteroatoms. The van der Waals surface area contributed by atoms with Crippen molar-refractivity contribution in [2.24, 2.45) is 0 Å². The Labute approximate surface area is 186 Å². The summed E-state index contributed by atoms with van der Waals surface area (Å²) in [6.45, 7) is 1.71. The Hall–Kier alpha value is -2.46. The molecule has 2 aromatic carbocycles. The Kier molecular flexibility index (Phi) is 5.31. The number of hydrogen-bond acceptors (Lipinski definition) is 7. The molecule has 0 spiro atoms. The van der Waals surface area contributed by atoms with Crippen LogP contribution in [0.5, 0.6) is 0 Å². The molecule has 0 saturated carbocycles. The maximum atomic E-state index is 13.4. The van der Waals surface area contributed by atoms with Gasteiger partial charge in [-0.25, -0.2) is 8.42 Å². The summed E-state index contributed by atoms with van der Waals surface area (Å²) in [6.07, 6.45) is 0. The maximum Gasteiger partial charge on any atom is 0.296 e. The summed E-state index contributed by atoms with van der Waals surface area (Å²) in [6, 6.07) is 10.7. The normalized spacial score (nSPS) is 17.1. The molecule has 3 aromatic rings. The summed E-state index contributed by atoms with van der Waals surface area (Å²) in [4.78, 5) is 13.5. The molecule has 1 unspecified atom stereocenters. The number of nitrogens with zero attached hydrogens (tertiary/aromatic N) is 3. The highest BCUT2D eigenvalue weighted by Gasteiger charge is 2.48. The summed E-state index contributed by atoms with van der Waals surface area (Å²) < 4.78 is 26.9. The van der Waals surface area contributed by atoms with Gasteiger partial charge in [-0.3, -0.25) is 9.69 Å². The fourth-order valence-electron chi connectivity index (χ4n) is 3.12. The third-order valence-electron chi connectivity index (χ3n) is 4.48. The van der Waals surface area contributed by atoms with Gasteiger partial charge in [-0.1, -0.05) is 46.7 Å². The zero-order valence-corrected chi connectivity index (χ0v) is 18.4. The lowest BCUT2D eigenvalue weighted by atomic mass is 10.1. The van der Waals surface area contributed by atoms with Gasteiger partial charge in [-0.15, -0.1) is 10.2 Å². The lowest BCUT2D eigenvalue weighted by molar-refractivity contribution is -0.117. The molecule has 1 atom stereocenters. The zero-order valence-electron chi connectivity index (χ0n) is 15.3. The average Bonchev–Trinajstić information content (AvgIpc) is 3.24. The van der Waals surface area contributed by atoms with Gasteiger partial charge in [0.2, 0.25) is 15.0 Å². The second-order valence-corrected chi connectivity index (χ2v) is 10.4. The van der Waals surface area contributed by atoms with E-state index in [1.165, 1.54) is 24.3 Å². The first-order chi connectivity index (χ1) is 14.2. The number of halogens is 2. The van der Waals surface area contributed by atoms with Crippen LogP contribution in [0.15, 0.2) is 64.1 Å². The second-order valence-electron chi connectivity index (χ2n) is 6.40. The lowest BCUT2D eigenvalue weighted by Gasteiger charge is -2.24. The molecular weight excluding hydrogens is 469 g/mol. The third-order valence-corrected chi connectivity index (χ3v) is 7.71. The van der Waals surface area contributed by atoms with E-state index >= 15 is 0 Å². The Bertz CT molecular complexity index is 1270. The number of benzene rings is 2. The third kappa shape index (κ3) is 3.47. The molecule has 1 aliphatic heterocycles. The lowest BCUT2D eigenvalue weighted by Crippen LogP contribution is -2.31. The minimum atomic E-state index is -4.25. The molecule has 1 amide bonds. The molecule has 1 aliphatic rings. The van der Waals surface area contributed by atoms with Gasteiger partial charge >= 0.3 is 0 Å². The molecule has 1 N–H and O–H groups in total. The summed E-state index contributed by atoms with van der Waals surface area (Å²) in [7, 11) is -4.25. The first-order valence-electron chi connectivity index (χ1n) is 8.53. The number of amides is 1. The van der Waals surface area contributed by atoms with Crippen molar-refractivity contribution in [3.8, 4) is 0 Å². The van der Waals surface area contributed by atoms with Crippen molar-refractivity contribution in [2.75, 3.05) is 4.90 Å². The molecule has 0 aliphatic carbocycles. The minimum Gasteiger partial charge on any atom is -0.502 e. The predicted molar refractivity (Wildman–Crippen MR) is 115 cm³/mol. The smallest absolute Gasteiger partial charge is 0.296 e. The molecule has 2 heterocycles. The number of carbonyl (C=O) groups is 1. The van der Waals surface area contributed by atoms with E-state index in [2.05, 4.69) is 10.2 Å². The Morgan fingerprint density at radius 1 is 1.00 bits per heavy atom. The number of anilines is 1. The SMILES string of the molecule is Cc1nnc(N2C(=O)C(O)=C(S(=O)(=O)c3ccc(Cl)cc3)C2c2ccc(Cl)cc2)s1. The van der Waals surface area contributed by atoms with E-state index in [0.717, 1.165) is 16.2 Å². The molecule has 0 bridgehead atoms. The van der Waals surface area contributed by atoms with Gasteiger partial charge < -0.3 is 5.11 Å². The summed E-state index contributed by atoms with van der Waals surface area (Å²) >= 11 is 13.0. The monoisotopic (exact) mass is 481 g/mol. The van der Waals surface area contributed by atoms with Gasteiger partial charge in [0.05, 0.1) is 4.90 Å². The van der Waals surface area contributed by atoms with Crippen LogP contribution in [0.3, 0.4) is 0 Å². The highest BCUT2D eigenvalue weighted by molar-refractivity contribution is 7.95. The van der Waals surface area contributed by atoms with Crippen molar-refractivity contribution >= 4 is 55.4 Å². The predicted octanol–water partition coefficient (Wildman–Crippen LogP) is 4.48. The van der Waals surface area contributed by atoms with Crippen molar-refractivity contribution in [2.45, 2.75) is 17.9 Å². The minimum absolute atomic E-state index is 0.101. The number of aryl methyl sites for hydroxylation is 1. The number of rotatable bonds is 4. The van der Waals surface area contributed by atoms with Gasteiger partial charge in [-0.2, -0.15) is 0 Å². The highest BCUT2D eigenvalue weighted by atomic mass is 35.5. The number of carbonyl (C=O) groups excluding carboxylic acids is 1. The molecule has 1 aromatic heterocycles. The van der Waals surface area contributed by atoms with E-state index in [0.29, 0.717) is 20.6 Å². The molecule has 4 rings (SSSR count). The number of aromatic nitrogens is 2. The number of sulfone groups is 1. The Balaban J connectivity index is 1.93. The molecule has 0 fully saturated rings. The van der Waals surface area contributed by atoms with E-state index in [9.17, 15) is 18.3 Å². The fraction of sp³-hybridized carbons (Fsp3) is 0.105. The number of hydrogen-bond donors (Lipinski definition) is 1. The van der Waals surface area contributed by atoms with E-state index in [-0.39, 0.29) is 10.0 Å². The van der Waals surface area contributed by atoms with Gasteiger partial charge in [0, 0.05) is 10.0 Å². The quantitative estimate of drug-likeness (QED) is 0.589. The van der Waals surface area contributed by atoms with E-state index in [1.54, 1.807) is 31.2 Å². The number of aliphatic hydroxyl groups is 1. The van der Waals surface area contributed by atoms with Crippen LogP contribution >= 0.6 is 34.5 Å². The van der Waals surface area contributed by atoms with Gasteiger partial charge in [0.1, 0.15) is 16.0 Å². The van der Waals surface area contributed by atoms with Crippen molar-refractivity contribution in [3.63, 3.8) is 0 Å². The zero-order chi connectivity index (χ0) is 21.6. The van der Waals surface area contributed by atoms with Crippen LogP contribution in [0.25, 0.3) is 0 Å². The molecule has 30 heavy (non-hydrogen) atoms. The second kappa shape index (κ2) is 7.66. The van der Waals surface area contributed by atoms with Gasteiger partial charge in [-0.05, 0) is 48.9 Å². The van der Waals surface area contributed by atoms with Gasteiger partial charge in [0.25, 0.3) is 5.91 Å². The fourth-order valence-corrected chi connectivity index (χ4v) is 5.72. The molecule has 0 saturated heterocycles. The van der Waals surface area contributed by atoms with E-state index in [4.69, 9.17) is 23.2 Å². The molecular formula is C19H13Cl2N3O4S2. The highest BCUT2D eigenvalue weighted by Crippen LogP contribution is 2.45. The maximum absolute atomic E-state index is 13.4. The van der Waals surface area contributed by atoms with Crippen molar-refractivity contribution < 1.29 is 18.3 Å².